The summed E-state index contributed by atoms with van der Waals surface area (Å²) in [7, 11) is 3.13. The molecule has 0 unspecified atom stereocenters. The Bertz CT molecular complexity index is 334. The molecule has 0 N–H and O–H groups in total. The molecule has 0 atom stereocenters. The van der Waals surface area contributed by atoms with Crippen LogP contribution in [0, 0.1) is 24.4 Å². The largest absolute Gasteiger partial charge is 0.375 e. The van der Waals surface area contributed by atoms with Crippen LogP contribution in [-0.2, 0) is 0 Å². The van der Waals surface area contributed by atoms with Crippen LogP contribution in [0.25, 0.3) is 0 Å². The third kappa shape index (κ3) is 1.61. The van der Waals surface area contributed by atoms with Crippen molar-refractivity contribution < 1.29 is 13.2 Å². The maximum Gasteiger partial charge on any atom is 0.164 e. The number of rotatable bonds is 1. The number of hydrogen-bond donors (Lipinski definition) is 0. The van der Waals surface area contributed by atoms with Crippen LogP contribution in [0.3, 0.4) is 0 Å². The van der Waals surface area contributed by atoms with E-state index in [2.05, 4.69) is 0 Å². The van der Waals surface area contributed by atoms with E-state index < -0.39 is 17.5 Å². The number of nitrogens with zero attached hydrogens (tertiary/aromatic N) is 1. The fourth-order valence-electron chi connectivity index (χ4n) is 1.04. The Morgan fingerprint density at radius 1 is 1.08 bits per heavy atom. The fourth-order valence-corrected chi connectivity index (χ4v) is 1.04. The Morgan fingerprint density at radius 3 is 2.08 bits per heavy atom. The summed E-state index contributed by atoms with van der Waals surface area (Å²) < 4.78 is 38.9. The highest BCUT2D eigenvalue weighted by Gasteiger charge is 2.15. The average molecular weight is 189 g/mol. The molecule has 0 saturated heterocycles. The van der Waals surface area contributed by atoms with Crippen LogP contribution in [0.15, 0.2) is 6.07 Å². The Morgan fingerprint density at radius 2 is 1.62 bits per heavy atom. The van der Waals surface area contributed by atoms with Gasteiger partial charge in [-0.1, -0.05) is 0 Å². The highest BCUT2D eigenvalue weighted by Crippen LogP contribution is 2.24. The molecule has 0 radical (unpaired) electrons. The van der Waals surface area contributed by atoms with Gasteiger partial charge < -0.3 is 4.90 Å². The molecule has 0 saturated carbocycles. The number of anilines is 1. The second-order valence-electron chi connectivity index (χ2n) is 3.02. The molecule has 0 aliphatic rings. The molecule has 1 rings (SSSR count). The van der Waals surface area contributed by atoms with Gasteiger partial charge in [-0.15, -0.1) is 0 Å². The lowest BCUT2D eigenvalue weighted by Gasteiger charge is -2.15. The van der Waals surface area contributed by atoms with E-state index in [0.717, 1.165) is 6.07 Å². The highest BCUT2D eigenvalue weighted by molar-refractivity contribution is 5.49. The Kier molecular flexibility index (Phi) is 2.50. The summed E-state index contributed by atoms with van der Waals surface area (Å²) in [6.45, 7) is 1.21. The normalized spacial score (nSPS) is 10.3. The van der Waals surface area contributed by atoms with Crippen molar-refractivity contribution in [2.24, 2.45) is 0 Å². The number of hydrogen-bond acceptors (Lipinski definition) is 1. The molecule has 0 amide bonds. The van der Waals surface area contributed by atoms with Gasteiger partial charge in [-0.25, -0.2) is 13.2 Å². The fraction of sp³-hybridized carbons (Fsp3) is 0.333. The first-order chi connectivity index (χ1) is 5.95. The molecule has 0 spiro atoms. The summed E-state index contributed by atoms with van der Waals surface area (Å²) in [5.74, 6) is -2.87. The average Bonchev–Trinajstić information content (AvgIpc) is 2.07. The summed E-state index contributed by atoms with van der Waals surface area (Å²) in [6, 6.07) is 0.845. The smallest absolute Gasteiger partial charge is 0.164 e. The van der Waals surface area contributed by atoms with Gasteiger partial charge in [-0.3, -0.25) is 0 Å². The van der Waals surface area contributed by atoms with Gasteiger partial charge >= 0.3 is 0 Å². The molecule has 13 heavy (non-hydrogen) atoms. The SMILES string of the molecule is Cc1c(F)c(F)cc(N(C)C)c1F. The van der Waals surface area contributed by atoms with Gasteiger partial charge in [0.15, 0.2) is 17.5 Å². The van der Waals surface area contributed by atoms with Crippen molar-refractivity contribution in [3.8, 4) is 0 Å². The second-order valence-corrected chi connectivity index (χ2v) is 3.02. The first kappa shape index (κ1) is 9.89. The quantitative estimate of drug-likeness (QED) is 0.613. The van der Waals surface area contributed by atoms with Gasteiger partial charge in [0.05, 0.1) is 5.69 Å². The third-order valence-corrected chi connectivity index (χ3v) is 1.84. The molecule has 0 bridgehead atoms. The maximum atomic E-state index is 13.2. The summed E-state index contributed by atoms with van der Waals surface area (Å²) in [6.07, 6.45) is 0. The molecule has 1 nitrogen and oxygen atoms in total. The molecule has 0 aromatic heterocycles. The van der Waals surface area contributed by atoms with Crippen molar-refractivity contribution >= 4 is 5.69 Å². The predicted octanol–water partition coefficient (Wildman–Crippen LogP) is 2.48. The predicted molar refractivity (Wildman–Crippen MR) is 45.4 cm³/mol. The van der Waals surface area contributed by atoms with E-state index >= 15 is 0 Å². The third-order valence-electron chi connectivity index (χ3n) is 1.84. The molecule has 1 aromatic rings. The molecule has 0 aliphatic heterocycles. The second kappa shape index (κ2) is 3.28. The van der Waals surface area contributed by atoms with Crippen molar-refractivity contribution in [3.05, 3.63) is 29.1 Å². The van der Waals surface area contributed by atoms with Gasteiger partial charge in [-0.2, -0.15) is 0 Å². The van der Waals surface area contributed by atoms with Gasteiger partial charge in [0, 0.05) is 25.7 Å². The molecular formula is C9H10F3N. The summed E-state index contributed by atoms with van der Waals surface area (Å²) >= 11 is 0. The van der Waals surface area contributed by atoms with Crippen LogP contribution in [0.1, 0.15) is 5.56 Å². The van der Waals surface area contributed by atoms with Gasteiger partial charge in [0.25, 0.3) is 0 Å². The molecule has 4 heteroatoms. The standard InChI is InChI=1S/C9H10F3N/c1-5-8(11)6(10)4-7(9(5)12)13(2)3/h4H,1-3H3. The van der Waals surface area contributed by atoms with Crippen molar-refractivity contribution in [3.63, 3.8) is 0 Å². The Balaban J connectivity index is 3.41. The van der Waals surface area contributed by atoms with Gasteiger partial charge in [0.2, 0.25) is 0 Å². The summed E-state index contributed by atoms with van der Waals surface area (Å²) in [5.41, 5.74) is -0.236. The van der Waals surface area contributed by atoms with Gasteiger partial charge in [0.1, 0.15) is 0 Å². The monoisotopic (exact) mass is 189 g/mol. The Hall–Kier alpha value is -1.19. The minimum absolute atomic E-state index is 0.0522. The van der Waals surface area contributed by atoms with Crippen LogP contribution in [0.4, 0.5) is 18.9 Å². The zero-order valence-corrected chi connectivity index (χ0v) is 7.66. The van der Waals surface area contributed by atoms with Crippen molar-refractivity contribution in [2.45, 2.75) is 6.92 Å². The minimum atomic E-state index is -1.12. The summed E-state index contributed by atoms with van der Waals surface area (Å²) in [4.78, 5) is 1.39. The lowest BCUT2D eigenvalue weighted by molar-refractivity contribution is 0.486. The minimum Gasteiger partial charge on any atom is -0.375 e. The van der Waals surface area contributed by atoms with E-state index in [1.807, 2.05) is 0 Å². The Labute approximate surface area is 74.8 Å². The van der Waals surface area contributed by atoms with E-state index in [-0.39, 0.29) is 11.3 Å². The molecule has 72 valence electrons. The van der Waals surface area contributed by atoms with Crippen LogP contribution in [0.2, 0.25) is 0 Å². The zero-order valence-electron chi connectivity index (χ0n) is 7.66. The summed E-state index contributed by atoms with van der Waals surface area (Å²) in [5, 5.41) is 0. The van der Waals surface area contributed by atoms with E-state index in [4.69, 9.17) is 0 Å². The van der Waals surface area contributed by atoms with E-state index in [1.165, 1.54) is 11.8 Å². The van der Waals surface area contributed by atoms with Crippen LogP contribution >= 0.6 is 0 Å². The van der Waals surface area contributed by atoms with E-state index in [1.54, 1.807) is 14.1 Å². The van der Waals surface area contributed by atoms with Crippen molar-refractivity contribution in [1.29, 1.82) is 0 Å². The van der Waals surface area contributed by atoms with Gasteiger partial charge in [-0.05, 0) is 6.92 Å². The molecule has 0 heterocycles. The van der Waals surface area contributed by atoms with Crippen LogP contribution in [-0.4, -0.2) is 14.1 Å². The maximum absolute atomic E-state index is 13.2. The van der Waals surface area contributed by atoms with Crippen LogP contribution < -0.4 is 4.90 Å². The molecule has 0 aliphatic carbocycles. The lowest BCUT2D eigenvalue weighted by atomic mass is 10.2. The molecular weight excluding hydrogens is 179 g/mol. The van der Waals surface area contributed by atoms with Crippen molar-refractivity contribution in [1.82, 2.24) is 0 Å². The molecule has 1 aromatic carbocycles. The van der Waals surface area contributed by atoms with E-state index in [0.29, 0.717) is 0 Å². The van der Waals surface area contributed by atoms with E-state index in [9.17, 15) is 13.2 Å². The van der Waals surface area contributed by atoms with Crippen LogP contribution in [0.5, 0.6) is 0 Å². The number of benzene rings is 1. The lowest BCUT2D eigenvalue weighted by Crippen LogP contribution is -2.12. The van der Waals surface area contributed by atoms with Crippen molar-refractivity contribution in [2.75, 3.05) is 19.0 Å². The first-order valence-electron chi connectivity index (χ1n) is 3.76. The highest BCUT2D eigenvalue weighted by atomic mass is 19.2. The zero-order chi connectivity index (χ0) is 10.2. The topological polar surface area (TPSA) is 3.24 Å². The first-order valence-corrected chi connectivity index (χ1v) is 3.76. The number of halogens is 3. The molecule has 0 fully saturated rings.